The third kappa shape index (κ3) is 4.51. The van der Waals surface area contributed by atoms with Crippen LogP contribution >= 0.6 is 128 Å². The van der Waals surface area contributed by atoms with Gasteiger partial charge in [0.1, 0.15) is 10.0 Å². The molecule has 1 aromatic rings. The van der Waals surface area contributed by atoms with E-state index in [1.165, 1.54) is 0 Å². The molecule has 0 atom stereocenters. The second-order valence-electron chi connectivity index (χ2n) is 3.75. The van der Waals surface area contributed by atoms with Gasteiger partial charge in [-0.15, -0.1) is 0 Å². The van der Waals surface area contributed by atoms with E-state index in [0.717, 1.165) is 0 Å². The molecule has 0 saturated carbocycles. The lowest BCUT2D eigenvalue weighted by molar-refractivity contribution is 0.476. The highest BCUT2D eigenvalue weighted by atomic mass is 35.5. The van der Waals surface area contributed by atoms with Gasteiger partial charge in [0.15, 0.2) is 10.1 Å². The third-order valence-corrected chi connectivity index (χ3v) is 7.71. The zero-order chi connectivity index (χ0) is 18.3. The maximum atomic E-state index is 9.20. The van der Waals surface area contributed by atoms with Gasteiger partial charge in [0, 0.05) is 0 Å². The van der Waals surface area contributed by atoms with Gasteiger partial charge in [0.25, 0.3) is 0 Å². The fourth-order valence-electron chi connectivity index (χ4n) is 1.16. The molecule has 1 aliphatic rings. The zero-order valence-electron chi connectivity index (χ0n) is 10.1. The van der Waals surface area contributed by atoms with Crippen molar-refractivity contribution in [2.75, 3.05) is 0 Å². The summed E-state index contributed by atoms with van der Waals surface area (Å²) < 4.78 is -1.47. The first-order valence-corrected chi connectivity index (χ1v) is 9.21. The number of rotatable bonds is 0. The van der Waals surface area contributed by atoms with E-state index < -0.39 is 4.33 Å². The Morgan fingerprint density at radius 3 is 1.00 bits per heavy atom. The summed E-state index contributed by atoms with van der Waals surface area (Å²) in [6.45, 7) is 0. The Labute approximate surface area is 186 Å². The topological polar surface area (TPSA) is 20.2 Å². The average molecular weight is 539 g/mol. The van der Waals surface area contributed by atoms with Crippen LogP contribution in [0.2, 0.25) is 25.1 Å². The van der Waals surface area contributed by atoms with Crippen molar-refractivity contribution in [2.45, 2.75) is 4.33 Å². The van der Waals surface area contributed by atoms with E-state index in [1.54, 1.807) is 0 Å². The summed E-state index contributed by atoms with van der Waals surface area (Å²) in [5.41, 5.74) is 0. The predicted octanol–water partition coefficient (Wildman–Crippen LogP) is 9.21. The summed E-state index contributed by atoms with van der Waals surface area (Å²) in [6.07, 6.45) is 0. The normalized spacial score (nSPS) is 16.7. The molecule has 0 bridgehead atoms. The molecule has 1 N–H and O–H groups in total. The van der Waals surface area contributed by atoms with Crippen LogP contribution < -0.4 is 0 Å². The average Bonchev–Trinajstić information content (AvgIpc) is 2.65. The van der Waals surface area contributed by atoms with Gasteiger partial charge in [-0.2, -0.15) is 0 Å². The fourth-order valence-corrected chi connectivity index (χ4v) is 3.85. The van der Waals surface area contributed by atoms with E-state index in [9.17, 15) is 5.11 Å². The summed E-state index contributed by atoms with van der Waals surface area (Å²) in [5.74, 6) is -0.363. The molecular formula is C11HCl11O. The number of benzene rings is 1. The molecule has 0 fully saturated rings. The molecule has 23 heavy (non-hydrogen) atoms. The van der Waals surface area contributed by atoms with Crippen LogP contribution in [0.5, 0.6) is 5.75 Å². The Hall–Kier alpha value is 1.69. The zero-order valence-corrected chi connectivity index (χ0v) is 18.4. The Balaban J connectivity index is 0.000000231. The summed E-state index contributed by atoms with van der Waals surface area (Å²) >= 11 is 61.7. The molecule has 1 aromatic carbocycles. The molecule has 0 aromatic heterocycles. The Kier molecular flexibility index (Phi) is 8.49. The van der Waals surface area contributed by atoms with Crippen LogP contribution in [-0.4, -0.2) is 9.44 Å². The van der Waals surface area contributed by atoms with E-state index in [4.69, 9.17) is 128 Å². The van der Waals surface area contributed by atoms with Gasteiger partial charge < -0.3 is 5.11 Å². The fraction of sp³-hybridized carbons (Fsp3) is 0.0909. The van der Waals surface area contributed by atoms with Gasteiger partial charge >= 0.3 is 0 Å². The van der Waals surface area contributed by atoms with Gasteiger partial charge in [0.05, 0.1) is 35.2 Å². The molecule has 12 heteroatoms. The summed E-state index contributed by atoms with van der Waals surface area (Å²) in [5, 5.41) is 9.29. The monoisotopic (exact) mass is 534 g/mol. The van der Waals surface area contributed by atoms with E-state index in [2.05, 4.69) is 0 Å². The van der Waals surface area contributed by atoms with E-state index >= 15 is 0 Å². The van der Waals surface area contributed by atoms with Crippen LogP contribution in [0.4, 0.5) is 0 Å². The number of aromatic hydroxyl groups is 1. The van der Waals surface area contributed by atoms with Gasteiger partial charge in [-0.3, -0.25) is 0 Å². The minimum absolute atomic E-state index is 0.00904. The molecule has 0 saturated heterocycles. The maximum Gasteiger partial charge on any atom is 0.191 e. The van der Waals surface area contributed by atoms with Crippen molar-refractivity contribution < 1.29 is 5.11 Å². The lowest BCUT2D eigenvalue weighted by Crippen LogP contribution is -2.09. The van der Waals surface area contributed by atoms with Crippen molar-refractivity contribution in [3.8, 4) is 5.75 Å². The van der Waals surface area contributed by atoms with Gasteiger partial charge in [-0.1, -0.05) is 128 Å². The molecule has 128 valence electrons. The van der Waals surface area contributed by atoms with Crippen molar-refractivity contribution in [3.63, 3.8) is 0 Å². The first-order chi connectivity index (χ1) is 10.4. The second-order valence-corrected chi connectivity index (χ2v) is 8.48. The number of phenolic OH excluding ortho intramolecular Hbond substituents is 1. The summed E-state index contributed by atoms with van der Waals surface area (Å²) in [6, 6.07) is 0. The Morgan fingerprint density at radius 1 is 0.522 bits per heavy atom. The first kappa shape index (κ1) is 22.7. The van der Waals surface area contributed by atoms with Gasteiger partial charge in [0.2, 0.25) is 0 Å². The number of alkyl halides is 2. The van der Waals surface area contributed by atoms with Gasteiger partial charge in [-0.25, -0.2) is 0 Å². The Bertz CT molecular complexity index is 588. The van der Waals surface area contributed by atoms with Crippen LogP contribution in [0.15, 0.2) is 20.1 Å². The number of phenols is 1. The van der Waals surface area contributed by atoms with Crippen molar-refractivity contribution in [1.29, 1.82) is 0 Å². The quantitative estimate of drug-likeness (QED) is 0.198. The largest absolute Gasteiger partial charge is 0.505 e. The van der Waals surface area contributed by atoms with Crippen LogP contribution in [0.25, 0.3) is 0 Å². The van der Waals surface area contributed by atoms with Crippen molar-refractivity contribution >= 4 is 128 Å². The molecule has 0 amide bonds. The molecule has 0 heterocycles. The predicted molar refractivity (Wildman–Crippen MR) is 105 cm³/mol. The molecular weight excluding hydrogens is 538 g/mol. The van der Waals surface area contributed by atoms with Crippen LogP contribution in [-0.2, 0) is 0 Å². The smallest absolute Gasteiger partial charge is 0.191 e. The van der Waals surface area contributed by atoms with Crippen LogP contribution in [0, 0.1) is 0 Å². The number of hydrogen-bond donors (Lipinski definition) is 1. The number of hydrogen-bond acceptors (Lipinski definition) is 1. The van der Waals surface area contributed by atoms with Crippen molar-refractivity contribution in [3.05, 3.63) is 45.2 Å². The van der Waals surface area contributed by atoms with Crippen LogP contribution in [0.1, 0.15) is 0 Å². The standard InChI is InChI=1S/C6HCl5O.C5Cl6/c7-1-2(8)4(10)6(12)5(11)3(1)9;6-1-2(7)4(9)5(10,11)3(1)8/h12H;. The maximum absolute atomic E-state index is 9.20. The molecule has 0 unspecified atom stereocenters. The molecule has 1 nitrogen and oxygen atoms in total. The van der Waals surface area contributed by atoms with Crippen molar-refractivity contribution in [2.24, 2.45) is 0 Å². The van der Waals surface area contributed by atoms with E-state index in [0.29, 0.717) is 0 Å². The highest BCUT2D eigenvalue weighted by Gasteiger charge is 2.42. The van der Waals surface area contributed by atoms with Crippen LogP contribution in [0.3, 0.4) is 0 Å². The number of allylic oxidation sites excluding steroid dienone is 4. The molecule has 0 radical (unpaired) electrons. The minimum atomic E-state index is -1.47. The molecule has 0 aliphatic heterocycles. The minimum Gasteiger partial charge on any atom is -0.505 e. The second kappa shape index (κ2) is 8.59. The highest BCUT2D eigenvalue weighted by molar-refractivity contribution is 6.67. The van der Waals surface area contributed by atoms with E-state index in [-0.39, 0.29) is 51.0 Å². The highest BCUT2D eigenvalue weighted by Crippen LogP contribution is 2.53. The molecule has 1 aliphatic carbocycles. The summed E-state index contributed by atoms with van der Waals surface area (Å²) in [4.78, 5) is 0. The Morgan fingerprint density at radius 2 is 0.783 bits per heavy atom. The third-order valence-electron chi connectivity index (χ3n) is 2.32. The molecule has 0 spiro atoms. The van der Waals surface area contributed by atoms with E-state index in [1.807, 2.05) is 0 Å². The number of halogens is 11. The first-order valence-electron chi connectivity index (χ1n) is 5.05. The summed E-state index contributed by atoms with van der Waals surface area (Å²) in [7, 11) is 0. The molecule has 2 rings (SSSR count). The lowest BCUT2D eigenvalue weighted by Gasteiger charge is -2.11. The van der Waals surface area contributed by atoms with Gasteiger partial charge in [-0.05, 0) is 0 Å². The SMILES string of the molecule is ClC1=C(Cl)C(Cl)(Cl)C(Cl)=C1Cl.Oc1c(Cl)c(Cl)c(Cl)c(Cl)c1Cl. The van der Waals surface area contributed by atoms with Crippen molar-refractivity contribution in [1.82, 2.24) is 0 Å². The lowest BCUT2D eigenvalue weighted by atomic mass is 10.3.